The van der Waals surface area contributed by atoms with E-state index in [0.717, 1.165) is 4.90 Å². The quantitative estimate of drug-likeness (QED) is 0.713. The van der Waals surface area contributed by atoms with Gasteiger partial charge in [-0.05, 0) is 6.42 Å². The van der Waals surface area contributed by atoms with Crippen LogP contribution in [0.25, 0.3) is 0 Å². The highest BCUT2D eigenvalue weighted by molar-refractivity contribution is 9.09. The highest BCUT2D eigenvalue weighted by Crippen LogP contribution is 2.27. The van der Waals surface area contributed by atoms with Crippen molar-refractivity contribution in [3.63, 3.8) is 0 Å². The molecule has 0 spiro atoms. The Morgan fingerprint density at radius 1 is 1.37 bits per heavy atom. The molecule has 2 unspecified atom stereocenters. The summed E-state index contributed by atoms with van der Waals surface area (Å²) in [6.45, 7) is 1.65. The van der Waals surface area contributed by atoms with Crippen LogP contribution < -0.4 is 0 Å². The van der Waals surface area contributed by atoms with Crippen LogP contribution in [0.15, 0.2) is 0 Å². The van der Waals surface area contributed by atoms with Gasteiger partial charge in [0.2, 0.25) is 0 Å². The maximum Gasteiger partial charge on any atom is 0.471 e. The third-order valence-electron chi connectivity index (χ3n) is 2.96. The molecule has 8 heteroatoms. The van der Waals surface area contributed by atoms with Crippen LogP contribution in [0.2, 0.25) is 0 Å². The van der Waals surface area contributed by atoms with Crippen LogP contribution in [0.1, 0.15) is 13.3 Å². The molecule has 1 aliphatic rings. The van der Waals surface area contributed by atoms with E-state index in [1.54, 1.807) is 6.92 Å². The van der Waals surface area contributed by atoms with Crippen LogP contribution in [0.5, 0.6) is 0 Å². The molecule has 0 N–H and O–H groups in total. The van der Waals surface area contributed by atoms with Crippen LogP contribution in [0, 0.1) is 5.92 Å². The Hall–Kier alpha value is -0.630. The second-order valence-corrected chi connectivity index (χ2v) is 4.87. The molecule has 1 saturated heterocycles. The fourth-order valence-electron chi connectivity index (χ4n) is 2.08. The van der Waals surface area contributed by atoms with E-state index in [0.29, 0.717) is 6.42 Å². The number of hydrogen-bond donors (Lipinski definition) is 0. The standard InChI is InChI=1S/C11H15BrF3NO3/c1-2-3-16(10(18)11(13,14)15)8-6-19-5-7(8)9(17)4-12/h7-8H,2-6H2,1H3. The molecule has 0 aromatic heterocycles. The van der Waals surface area contributed by atoms with Crippen molar-refractivity contribution in [1.29, 1.82) is 0 Å². The van der Waals surface area contributed by atoms with Gasteiger partial charge in [-0.3, -0.25) is 9.59 Å². The van der Waals surface area contributed by atoms with Crippen molar-refractivity contribution in [1.82, 2.24) is 4.90 Å². The Kier molecular flexibility index (Phi) is 5.79. The van der Waals surface area contributed by atoms with Gasteiger partial charge in [-0.25, -0.2) is 0 Å². The van der Waals surface area contributed by atoms with Crippen molar-refractivity contribution >= 4 is 27.6 Å². The molecule has 1 heterocycles. The lowest BCUT2D eigenvalue weighted by atomic mass is 9.97. The van der Waals surface area contributed by atoms with Gasteiger partial charge in [-0.15, -0.1) is 0 Å². The summed E-state index contributed by atoms with van der Waals surface area (Å²) in [6.07, 6.45) is -4.55. The largest absolute Gasteiger partial charge is 0.471 e. The van der Waals surface area contributed by atoms with Gasteiger partial charge in [-0.1, -0.05) is 22.9 Å². The fourth-order valence-corrected chi connectivity index (χ4v) is 2.49. The number of carbonyl (C=O) groups is 2. The van der Waals surface area contributed by atoms with Gasteiger partial charge < -0.3 is 9.64 Å². The molecule has 0 saturated carbocycles. The van der Waals surface area contributed by atoms with Gasteiger partial charge in [-0.2, -0.15) is 13.2 Å². The van der Waals surface area contributed by atoms with Crippen molar-refractivity contribution in [3.8, 4) is 0 Å². The van der Waals surface area contributed by atoms with Gasteiger partial charge in [0.1, 0.15) is 0 Å². The van der Waals surface area contributed by atoms with E-state index in [1.165, 1.54) is 0 Å². The molecule has 0 aromatic carbocycles. The maximum absolute atomic E-state index is 12.6. The van der Waals surface area contributed by atoms with Crippen LogP contribution in [0.3, 0.4) is 0 Å². The topological polar surface area (TPSA) is 46.6 Å². The minimum absolute atomic E-state index is 0.0365. The lowest BCUT2D eigenvalue weighted by molar-refractivity contribution is -0.188. The second-order valence-electron chi connectivity index (χ2n) is 4.31. The van der Waals surface area contributed by atoms with E-state index in [4.69, 9.17) is 4.74 Å². The van der Waals surface area contributed by atoms with E-state index >= 15 is 0 Å². The molecule has 1 amide bonds. The van der Waals surface area contributed by atoms with Crippen molar-refractivity contribution in [3.05, 3.63) is 0 Å². The lowest BCUT2D eigenvalue weighted by Gasteiger charge is -2.31. The number of ether oxygens (including phenoxy) is 1. The second kappa shape index (κ2) is 6.69. The smallest absolute Gasteiger partial charge is 0.378 e. The predicted octanol–water partition coefficient (Wildman–Crippen LogP) is 1.77. The van der Waals surface area contributed by atoms with Crippen LogP contribution in [-0.2, 0) is 14.3 Å². The van der Waals surface area contributed by atoms with Crippen LogP contribution >= 0.6 is 15.9 Å². The lowest BCUT2D eigenvalue weighted by Crippen LogP contribution is -2.51. The van der Waals surface area contributed by atoms with E-state index < -0.39 is 24.0 Å². The molecular weight excluding hydrogens is 331 g/mol. The molecule has 1 aliphatic heterocycles. The first-order valence-electron chi connectivity index (χ1n) is 5.87. The number of rotatable bonds is 5. The summed E-state index contributed by atoms with van der Waals surface area (Å²) in [5.74, 6) is -2.85. The molecule has 0 aliphatic carbocycles. The van der Waals surface area contributed by atoms with Gasteiger partial charge in [0.15, 0.2) is 5.78 Å². The van der Waals surface area contributed by atoms with Crippen molar-refractivity contribution < 1.29 is 27.5 Å². The molecule has 4 nitrogen and oxygen atoms in total. The first kappa shape index (κ1) is 16.4. The summed E-state index contributed by atoms with van der Waals surface area (Å²) in [7, 11) is 0. The molecule has 19 heavy (non-hydrogen) atoms. The van der Waals surface area contributed by atoms with E-state index in [-0.39, 0.29) is 30.9 Å². The highest BCUT2D eigenvalue weighted by atomic mass is 79.9. The number of carbonyl (C=O) groups excluding carboxylic acids is 2. The van der Waals surface area contributed by atoms with Gasteiger partial charge in [0.05, 0.1) is 30.5 Å². The van der Waals surface area contributed by atoms with Crippen LogP contribution in [0.4, 0.5) is 13.2 Å². The zero-order chi connectivity index (χ0) is 14.6. The van der Waals surface area contributed by atoms with Crippen LogP contribution in [-0.4, -0.2) is 53.9 Å². The van der Waals surface area contributed by atoms with Crippen molar-refractivity contribution in [2.45, 2.75) is 25.6 Å². The summed E-state index contributed by atoms with van der Waals surface area (Å²) in [4.78, 5) is 23.8. The van der Waals surface area contributed by atoms with E-state index in [1.807, 2.05) is 0 Å². The summed E-state index contributed by atoms with van der Waals surface area (Å²) in [5.41, 5.74) is 0. The Bertz CT molecular complexity index is 349. The van der Waals surface area contributed by atoms with E-state index in [2.05, 4.69) is 15.9 Å². The fraction of sp³-hybridized carbons (Fsp3) is 0.818. The number of nitrogens with zero attached hydrogens (tertiary/aromatic N) is 1. The maximum atomic E-state index is 12.6. The monoisotopic (exact) mass is 345 g/mol. The molecule has 0 radical (unpaired) electrons. The predicted molar refractivity (Wildman–Crippen MR) is 65.0 cm³/mol. The normalized spacial score (nSPS) is 23.4. The first-order chi connectivity index (χ1) is 8.82. The number of ketones is 1. The van der Waals surface area contributed by atoms with Crippen molar-refractivity contribution in [2.75, 3.05) is 25.1 Å². The summed E-state index contributed by atoms with van der Waals surface area (Å²) in [6, 6.07) is -0.834. The van der Waals surface area contributed by atoms with Gasteiger partial charge >= 0.3 is 12.1 Å². The average Bonchev–Trinajstić information content (AvgIpc) is 2.81. The highest BCUT2D eigenvalue weighted by Gasteiger charge is 2.48. The zero-order valence-electron chi connectivity index (χ0n) is 10.4. The molecule has 2 atom stereocenters. The molecule has 1 rings (SSSR count). The Balaban J connectivity index is 2.92. The first-order valence-corrected chi connectivity index (χ1v) is 6.99. The summed E-state index contributed by atoms with van der Waals surface area (Å²) >= 11 is 2.99. The molecule has 0 bridgehead atoms. The Morgan fingerprint density at radius 2 is 2.00 bits per heavy atom. The Labute approximate surface area is 117 Å². The number of halogens is 4. The average molecular weight is 346 g/mol. The number of hydrogen-bond acceptors (Lipinski definition) is 3. The summed E-state index contributed by atoms with van der Waals surface area (Å²) in [5, 5.41) is 0.0394. The minimum atomic E-state index is -4.93. The van der Waals surface area contributed by atoms with Crippen molar-refractivity contribution in [2.24, 2.45) is 5.92 Å². The molecule has 110 valence electrons. The SMILES string of the molecule is CCCN(C(=O)C(F)(F)F)C1COCC1C(=O)CBr. The van der Waals surface area contributed by atoms with Gasteiger partial charge in [0.25, 0.3) is 0 Å². The van der Waals surface area contributed by atoms with Gasteiger partial charge in [0, 0.05) is 6.54 Å². The molecule has 0 aromatic rings. The number of alkyl halides is 4. The third-order valence-corrected chi connectivity index (χ3v) is 3.52. The zero-order valence-corrected chi connectivity index (χ0v) is 12.0. The summed E-state index contributed by atoms with van der Waals surface area (Å²) < 4.78 is 42.8. The Morgan fingerprint density at radius 3 is 2.47 bits per heavy atom. The molecule has 1 fully saturated rings. The molecular formula is C11H15BrF3NO3. The number of amides is 1. The number of Topliss-reactive ketones (excluding diaryl/α,β-unsaturated/α-hetero) is 1. The minimum Gasteiger partial charge on any atom is -0.378 e. The third kappa shape index (κ3) is 3.92. The van der Waals surface area contributed by atoms with E-state index in [9.17, 15) is 22.8 Å².